The van der Waals surface area contributed by atoms with E-state index >= 15 is 0 Å². The molecule has 3 nitrogen and oxygen atoms in total. The summed E-state index contributed by atoms with van der Waals surface area (Å²) in [5, 5.41) is 0.808. The highest BCUT2D eigenvalue weighted by Crippen LogP contribution is 2.28. The summed E-state index contributed by atoms with van der Waals surface area (Å²) in [6, 6.07) is 0. The van der Waals surface area contributed by atoms with Crippen molar-refractivity contribution in [3.05, 3.63) is 16.5 Å². The average Bonchev–Trinajstić information content (AvgIpc) is 2.74. The second-order valence-electron chi connectivity index (χ2n) is 4.34. The van der Waals surface area contributed by atoms with Crippen LogP contribution < -0.4 is 4.90 Å². The second kappa shape index (κ2) is 5.19. The molecule has 0 spiro atoms. The first-order valence-electron chi connectivity index (χ1n) is 5.56. The highest BCUT2D eigenvalue weighted by Gasteiger charge is 2.19. The molecule has 16 heavy (non-hydrogen) atoms. The van der Waals surface area contributed by atoms with Crippen LogP contribution in [0.5, 0.6) is 0 Å². The van der Waals surface area contributed by atoms with Crippen molar-refractivity contribution in [1.82, 2.24) is 9.97 Å². The van der Waals surface area contributed by atoms with Gasteiger partial charge in [0.1, 0.15) is 5.02 Å². The smallest absolute Gasteiger partial charge is 0.224 e. The fourth-order valence-corrected chi connectivity index (χ4v) is 2.64. The average molecular weight is 260 g/mol. The van der Waals surface area contributed by atoms with Crippen LogP contribution in [-0.2, 0) is 0 Å². The first kappa shape index (κ1) is 11.9. The van der Waals surface area contributed by atoms with Gasteiger partial charge in [0, 0.05) is 13.6 Å². The molecular formula is C11H15Cl2N3. The minimum Gasteiger partial charge on any atom is -0.358 e. The van der Waals surface area contributed by atoms with Gasteiger partial charge in [-0.3, -0.25) is 0 Å². The van der Waals surface area contributed by atoms with Crippen molar-refractivity contribution in [3.63, 3.8) is 0 Å². The van der Waals surface area contributed by atoms with E-state index in [-0.39, 0.29) is 5.28 Å². The number of nitrogens with zero attached hydrogens (tertiary/aromatic N) is 3. The largest absolute Gasteiger partial charge is 0.358 e. The molecule has 0 unspecified atom stereocenters. The molecule has 0 aromatic carbocycles. The minimum absolute atomic E-state index is 0.248. The van der Waals surface area contributed by atoms with Crippen LogP contribution in [0.4, 0.5) is 5.82 Å². The van der Waals surface area contributed by atoms with Crippen LogP contribution in [0.3, 0.4) is 0 Å². The van der Waals surface area contributed by atoms with Gasteiger partial charge in [-0.05, 0) is 30.4 Å². The van der Waals surface area contributed by atoms with Gasteiger partial charge in [0.15, 0.2) is 5.82 Å². The van der Waals surface area contributed by atoms with Crippen molar-refractivity contribution >= 4 is 29.0 Å². The van der Waals surface area contributed by atoms with Gasteiger partial charge in [0.05, 0.1) is 6.20 Å². The van der Waals surface area contributed by atoms with Crippen LogP contribution in [0.25, 0.3) is 0 Å². The molecule has 0 radical (unpaired) electrons. The van der Waals surface area contributed by atoms with Crippen LogP contribution in [0.2, 0.25) is 10.3 Å². The summed E-state index contributed by atoms with van der Waals surface area (Å²) in [5.74, 6) is 1.49. The Morgan fingerprint density at radius 1 is 1.38 bits per heavy atom. The topological polar surface area (TPSA) is 29.0 Å². The fraction of sp³-hybridized carbons (Fsp3) is 0.636. The van der Waals surface area contributed by atoms with Crippen molar-refractivity contribution in [2.45, 2.75) is 25.7 Å². The predicted octanol–water partition coefficient (Wildman–Crippen LogP) is 3.41. The van der Waals surface area contributed by atoms with Crippen molar-refractivity contribution in [3.8, 4) is 0 Å². The van der Waals surface area contributed by atoms with Gasteiger partial charge in [-0.2, -0.15) is 4.98 Å². The lowest BCUT2D eigenvalue weighted by Crippen LogP contribution is -2.25. The van der Waals surface area contributed by atoms with Crippen LogP contribution in [0.15, 0.2) is 6.20 Å². The summed E-state index contributed by atoms with van der Waals surface area (Å²) in [4.78, 5) is 10.1. The van der Waals surface area contributed by atoms with E-state index in [9.17, 15) is 0 Å². The van der Waals surface area contributed by atoms with Crippen molar-refractivity contribution in [2.75, 3.05) is 18.5 Å². The Kier molecular flexibility index (Phi) is 3.87. The lowest BCUT2D eigenvalue weighted by atomic mass is 10.1. The number of rotatable bonds is 3. The van der Waals surface area contributed by atoms with Gasteiger partial charge in [-0.1, -0.05) is 24.4 Å². The summed E-state index contributed by atoms with van der Waals surface area (Å²) >= 11 is 11.8. The molecule has 0 amide bonds. The molecule has 1 fully saturated rings. The molecule has 88 valence electrons. The van der Waals surface area contributed by atoms with Crippen molar-refractivity contribution < 1.29 is 0 Å². The van der Waals surface area contributed by atoms with E-state index < -0.39 is 0 Å². The fourth-order valence-electron chi connectivity index (χ4n) is 2.27. The molecule has 1 heterocycles. The predicted molar refractivity (Wildman–Crippen MR) is 67.3 cm³/mol. The van der Waals surface area contributed by atoms with E-state index in [1.807, 2.05) is 7.05 Å². The third-order valence-corrected chi connectivity index (χ3v) is 3.51. The van der Waals surface area contributed by atoms with Gasteiger partial charge < -0.3 is 4.90 Å². The molecule has 1 aliphatic rings. The molecule has 1 aromatic heterocycles. The maximum atomic E-state index is 6.05. The zero-order valence-electron chi connectivity index (χ0n) is 9.29. The van der Waals surface area contributed by atoms with Crippen molar-refractivity contribution in [1.29, 1.82) is 0 Å². The van der Waals surface area contributed by atoms with E-state index in [0.29, 0.717) is 5.02 Å². The Balaban J connectivity index is 2.07. The standard InChI is InChI=1S/C11H15Cl2N3/c1-16(7-8-4-2-3-5-8)10-9(12)6-14-11(13)15-10/h6,8H,2-5,7H2,1H3. The van der Waals surface area contributed by atoms with E-state index in [1.54, 1.807) is 6.20 Å². The molecule has 5 heteroatoms. The normalized spacial score (nSPS) is 16.7. The molecule has 0 bridgehead atoms. The molecule has 1 aromatic rings. The lowest BCUT2D eigenvalue weighted by Gasteiger charge is -2.22. The highest BCUT2D eigenvalue weighted by atomic mass is 35.5. The van der Waals surface area contributed by atoms with Gasteiger partial charge >= 0.3 is 0 Å². The van der Waals surface area contributed by atoms with Crippen LogP contribution in [-0.4, -0.2) is 23.6 Å². The first-order chi connectivity index (χ1) is 7.66. The zero-order valence-corrected chi connectivity index (χ0v) is 10.8. The number of halogens is 2. The molecule has 1 saturated carbocycles. The molecule has 0 aliphatic heterocycles. The monoisotopic (exact) mass is 259 g/mol. The van der Waals surface area contributed by atoms with Crippen LogP contribution >= 0.6 is 23.2 Å². The number of hydrogen-bond donors (Lipinski definition) is 0. The summed E-state index contributed by atoms with van der Waals surface area (Å²) in [6.45, 7) is 0.993. The van der Waals surface area contributed by atoms with E-state index in [1.165, 1.54) is 25.7 Å². The SMILES string of the molecule is CN(CC1CCCC1)c1nc(Cl)ncc1Cl. The maximum absolute atomic E-state index is 6.05. The molecular weight excluding hydrogens is 245 g/mol. The first-order valence-corrected chi connectivity index (χ1v) is 6.31. The second-order valence-corrected chi connectivity index (χ2v) is 5.09. The van der Waals surface area contributed by atoms with Gasteiger partial charge in [0.25, 0.3) is 0 Å². The Morgan fingerprint density at radius 2 is 2.06 bits per heavy atom. The highest BCUT2D eigenvalue weighted by molar-refractivity contribution is 6.33. The lowest BCUT2D eigenvalue weighted by molar-refractivity contribution is 0.545. The summed E-state index contributed by atoms with van der Waals surface area (Å²) in [6.07, 6.45) is 6.85. The minimum atomic E-state index is 0.248. The quantitative estimate of drug-likeness (QED) is 0.780. The summed E-state index contributed by atoms with van der Waals surface area (Å²) in [5.41, 5.74) is 0. The van der Waals surface area contributed by atoms with Crippen LogP contribution in [0.1, 0.15) is 25.7 Å². The molecule has 1 aliphatic carbocycles. The van der Waals surface area contributed by atoms with Crippen molar-refractivity contribution in [2.24, 2.45) is 5.92 Å². The van der Waals surface area contributed by atoms with Crippen LogP contribution in [0, 0.1) is 5.92 Å². The Morgan fingerprint density at radius 3 is 2.75 bits per heavy atom. The molecule has 0 N–H and O–H groups in total. The van der Waals surface area contributed by atoms with Gasteiger partial charge in [-0.25, -0.2) is 4.98 Å². The number of anilines is 1. The summed E-state index contributed by atoms with van der Waals surface area (Å²) in [7, 11) is 2.00. The number of aromatic nitrogens is 2. The van der Waals surface area contributed by atoms with E-state index in [4.69, 9.17) is 23.2 Å². The molecule has 2 rings (SSSR count). The Bertz CT molecular complexity index is 364. The van der Waals surface area contributed by atoms with E-state index in [2.05, 4.69) is 14.9 Å². The van der Waals surface area contributed by atoms with Gasteiger partial charge in [0.2, 0.25) is 5.28 Å². The van der Waals surface area contributed by atoms with E-state index in [0.717, 1.165) is 18.3 Å². The maximum Gasteiger partial charge on any atom is 0.224 e. The third kappa shape index (κ3) is 2.77. The molecule has 0 atom stereocenters. The zero-order chi connectivity index (χ0) is 11.5. The summed E-state index contributed by atoms with van der Waals surface area (Å²) < 4.78 is 0. The number of hydrogen-bond acceptors (Lipinski definition) is 3. The Labute approximate surface area is 106 Å². The Hall–Kier alpha value is -0.540. The third-order valence-electron chi connectivity index (χ3n) is 3.06. The van der Waals surface area contributed by atoms with Gasteiger partial charge in [-0.15, -0.1) is 0 Å². The molecule has 0 saturated heterocycles.